The van der Waals surface area contributed by atoms with Crippen LogP contribution in [0.4, 0.5) is 8.78 Å². The Kier molecular flexibility index (Phi) is 5.15. The normalized spacial score (nSPS) is 12.2. The second-order valence-electron chi connectivity index (χ2n) is 4.73. The van der Waals surface area contributed by atoms with Crippen molar-refractivity contribution in [3.63, 3.8) is 0 Å². The highest BCUT2D eigenvalue weighted by Gasteiger charge is 2.12. The number of hydrogen-bond donors (Lipinski definition) is 1. The maximum absolute atomic E-state index is 13.4. The number of nitrogens with one attached hydrogen (secondary N) is 1. The van der Waals surface area contributed by atoms with E-state index in [9.17, 15) is 8.78 Å². The molecule has 1 N–H and O–H groups in total. The smallest absolute Gasteiger partial charge is 0.141 e. The van der Waals surface area contributed by atoms with E-state index in [0.29, 0.717) is 5.75 Å². The SMILES string of the molecule is CNC(C)c1cc(F)ccc1OCc1ccc(F)c(Cl)c1. The molecule has 5 heteroatoms. The van der Waals surface area contributed by atoms with E-state index in [0.717, 1.165) is 11.1 Å². The minimum Gasteiger partial charge on any atom is -0.489 e. The molecule has 0 spiro atoms. The van der Waals surface area contributed by atoms with Crippen LogP contribution in [0.25, 0.3) is 0 Å². The number of benzene rings is 2. The van der Waals surface area contributed by atoms with Crippen LogP contribution in [0.1, 0.15) is 24.1 Å². The fourth-order valence-electron chi connectivity index (χ4n) is 1.94. The molecule has 2 aromatic rings. The summed E-state index contributed by atoms with van der Waals surface area (Å²) in [6, 6.07) is 8.74. The fraction of sp³-hybridized carbons (Fsp3) is 0.250. The van der Waals surface area contributed by atoms with E-state index >= 15 is 0 Å². The van der Waals surface area contributed by atoms with Gasteiger partial charge < -0.3 is 10.1 Å². The Morgan fingerprint density at radius 3 is 2.62 bits per heavy atom. The maximum atomic E-state index is 13.4. The zero-order valence-electron chi connectivity index (χ0n) is 11.8. The van der Waals surface area contributed by atoms with E-state index in [1.807, 2.05) is 6.92 Å². The van der Waals surface area contributed by atoms with Gasteiger partial charge in [0.1, 0.15) is 24.0 Å². The molecule has 0 saturated carbocycles. The predicted molar refractivity (Wildman–Crippen MR) is 79.6 cm³/mol. The average molecular weight is 312 g/mol. The van der Waals surface area contributed by atoms with Crippen molar-refractivity contribution in [1.29, 1.82) is 0 Å². The van der Waals surface area contributed by atoms with Crippen LogP contribution in [0, 0.1) is 11.6 Å². The quantitative estimate of drug-likeness (QED) is 0.879. The summed E-state index contributed by atoms with van der Waals surface area (Å²) < 4.78 is 32.2. The van der Waals surface area contributed by atoms with Crippen molar-refractivity contribution in [2.75, 3.05) is 7.05 Å². The predicted octanol–water partition coefficient (Wildman–Crippen LogP) is 4.48. The fourth-order valence-corrected chi connectivity index (χ4v) is 2.14. The Morgan fingerprint density at radius 1 is 1.19 bits per heavy atom. The summed E-state index contributed by atoms with van der Waals surface area (Å²) in [5.41, 5.74) is 1.47. The number of halogens is 3. The summed E-state index contributed by atoms with van der Waals surface area (Å²) in [5.74, 6) is -0.199. The van der Waals surface area contributed by atoms with Crippen LogP contribution in [0.3, 0.4) is 0 Å². The molecule has 2 nitrogen and oxygen atoms in total. The topological polar surface area (TPSA) is 21.3 Å². The molecule has 0 aromatic heterocycles. The van der Waals surface area contributed by atoms with Crippen LogP contribution >= 0.6 is 11.6 Å². The minimum atomic E-state index is -0.466. The van der Waals surface area contributed by atoms with Gasteiger partial charge in [0.2, 0.25) is 0 Å². The first-order chi connectivity index (χ1) is 10.0. The molecule has 0 saturated heterocycles. The minimum absolute atomic E-state index is 0.0486. The first-order valence-corrected chi connectivity index (χ1v) is 6.92. The van der Waals surface area contributed by atoms with Crippen LogP contribution < -0.4 is 10.1 Å². The molecule has 2 aromatic carbocycles. The molecule has 0 heterocycles. The van der Waals surface area contributed by atoms with Crippen molar-refractivity contribution in [2.45, 2.75) is 19.6 Å². The van der Waals surface area contributed by atoms with Crippen LogP contribution in [-0.2, 0) is 6.61 Å². The van der Waals surface area contributed by atoms with Gasteiger partial charge in [-0.25, -0.2) is 8.78 Å². The number of ether oxygens (including phenoxy) is 1. The van der Waals surface area contributed by atoms with Gasteiger partial charge in [0.05, 0.1) is 5.02 Å². The lowest BCUT2D eigenvalue weighted by molar-refractivity contribution is 0.299. The Balaban J connectivity index is 2.17. The van der Waals surface area contributed by atoms with Crippen LogP contribution in [-0.4, -0.2) is 7.05 Å². The zero-order chi connectivity index (χ0) is 15.4. The molecule has 2 rings (SSSR count). The summed E-state index contributed by atoms with van der Waals surface area (Å²) in [5, 5.41) is 3.10. The summed E-state index contributed by atoms with van der Waals surface area (Å²) in [6.45, 7) is 2.14. The van der Waals surface area contributed by atoms with E-state index in [4.69, 9.17) is 16.3 Å². The average Bonchev–Trinajstić information content (AvgIpc) is 2.48. The van der Waals surface area contributed by atoms with Crippen LogP contribution in [0.15, 0.2) is 36.4 Å². The highest BCUT2D eigenvalue weighted by molar-refractivity contribution is 6.30. The van der Waals surface area contributed by atoms with Crippen LogP contribution in [0.2, 0.25) is 5.02 Å². The molecule has 1 unspecified atom stereocenters. The molecule has 0 fully saturated rings. The van der Waals surface area contributed by atoms with Crippen molar-refractivity contribution < 1.29 is 13.5 Å². The molecule has 0 bridgehead atoms. The number of hydrogen-bond acceptors (Lipinski definition) is 2. The van der Waals surface area contributed by atoms with Gasteiger partial charge in [0, 0.05) is 11.6 Å². The molecule has 112 valence electrons. The maximum Gasteiger partial charge on any atom is 0.141 e. The Morgan fingerprint density at radius 2 is 1.95 bits per heavy atom. The van der Waals surface area contributed by atoms with Gasteiger partial charge in [-0.3, -0.25) is 0 Å². The summed E-state index contributed by atoms with van der Waals surface area (Å²) in [4.78, 5) is 0. The van der Waals surface area contributed by atoms with Crippen molar-refractivity contribution in [1.82, 2.24) is 5.32 Å². The summed E-state index contributed by atoms with van der Waals surface area (Å²) in [6.07, 6.45) is 0. The molecule has 1 atom stereocenters. The molecule has 0 aliphatic rings. The van der Waals surface area contributed by atoms with Crippen LogP contribution in [0.5, 0.6) is 5.75 Å². The molecule has 0 aliphatic carbocycles. The van der Waals surface area contributed by atoms with Gasteiger partial charge in [0.25, 0.3) is 0 Å². The second-order valence-corrected chi connectivity index (χ2v) is 5.14. The van der Waals surface area contributed by atoms with E-state index in [-0.39, 0.29) is 23.5 Å². The van der Waals surface area contributed by atoms with Gasteiger partial charge in [-0.15, -0.1) is 0 Å². The lowest BCUT2D eigenvalue weighted by Crippen LogP contribution is -2.14. The largest absolute Gasteiger partial charge is 0.489 e. The van der Waals surface area contributed by atoms with E-state index in [1.54, 1.807) is 19.2 Å². The zero-order valence-corrected chi connectivity index (χ0v) is 12.5. The molecule has 0 amide bonds. The van der Waals surface area contributed by atoms with Crippen molar-refractivity contribution >= 4 is 11.6 Å². The van der Waals surface area contributed by atoms with E-state index in [2.05, 4.69) is 5.32 Å². The van der Waals surface area contributed by atoms with E-state index in [1.165, 1.54) is 24.3 Å². The van der Waals surface area contributed by atoms with Gasteiger partial charge in [-0.05, 0) is 49.9 Å². The third-order valence-corrected chi connectivity index (χ3v) is 3.54. The van der Waals surface area contributed by atoms with Gasteiger partial charge in [0.15, 0.2) is 0 Å². The van der Waals surface area contributed by atoms with Gasteiger partial charge in [-0.2, -0.15) is 0 Å². The first kappa shape index (κ1) is 15.7. The lowest BCUT2D eigenvalue weighted by atomic mass is 10.1. The molecule has 0 radical (unpaired) electrons. The van der Waals surface area contributed by atoms with Crippen molar-refractivity contribution in [2.24, 2.45) is 0 Å². The molecule has 21 heavy (non-hydrogen) atoms. The molecular weight excluding hydrogens is 296 g/mol. The Labute approximate surface area is 127 Å². The highest BCUT2D eigenvalue weighted by atomic mass is 35.5. The Bertz CT molecular complexity index is 634. The monoisotopic (exact) mass is 311 g/mol. The van der Waals surface area contributed by atoms with Gasteiger partial charge in [-0.1, -0.05) is 17.7 Å². The Hall–Kier alpha value is -1.65. The third-order valence-electron chi connectivity index (χ3n) is 3.25. The van der Waals surface area contributed by atoms with Gasteiger partial charge >= 0.3 is 0 Å². The standard InChI is InChI=1S/C16H16ClF2NO/c1-10(20-2)13-8-12(18)4-6-16(13)21-9-11-3-5-15(19)14(17)7-11/h3-8,10,20H,9H2,1-2H3. The van der Waals surface area contributed by atoms with Crippen molar-refractivity contribution in [3.8, 4) is 5.75 Å². The first-order valence-electron chi connectivity index (χ1n) is 6.54. The highest BCUT2D eigenvalue weighted by Crippen LogP contribution is 2.27. The molecule has 0 aliphatic heterocycles. The summed E-state index contributed by atoms with van der Waals surface area (Å²) >= 11 is 5.73. The van der Waals surface area contributed by atoms with Crippen molar-refractivity contribution in [3.05, 3.63) is 64.2 Å². The second kappa shape index (κ2) is 6.87. The summed E-state index contributed by atoms with van der Waals surface area (Å²) in [7, 11) is 1.79. The number of rotatable bonds is 5. The third kappa shape index (κ3) is 3.93. The lowest BCUT2D eigenvalue weighted by Gasteiger charge is -2.16. The molecular formula is C16H16ClF2NO. The van der Waals surface area contributed by atoms with E-state index < -0.39 is 5.82 Å².